The summed E-state index contributed by atoms with van der Waals surface area (Å²) in [4.78, 5) is 15.5. The summed E-state index contributed by atoms with van der Waals surface area (Å²) in [6.07, 6.45) is 3.26. The Labute approximate surface area is 148 Å². The molecule has 0 aliphatic heterocycles. The van der Waals surface area contributed by atoms with Gasteiger partial charge in [-0.25, -0.2) is 9.78 Å². The SMILES string of the molecule is COc1cc(/C=C/c2ccc3c(C(=O)O)ccc(O)c3n2)cc(O)c1O. The van der Waals surface area contributed by atoms with E-state index in [2.05, 4.69) is 4.98 Å². The van der Waals surface area contributed by atoms with Crippen molar-refractivity contribution in [3.05, 3.63) is 53.2 Å². The first-order chi connectivity index (χ1) is 12.4. The van der Waals surface area contributed by atoms with Crippen molar-refractivity contribution in [1.82, 2.24) is 4.98 Å². The summed E-state index contributed by atoms with van der Waals surface area (Å²) >= 11 is 0. The minimum atomic E-state index is -1.10. The molecule has 2 aromatic carbocycles. The smallest absolute Gasteiger partial charge is 0.336 e. The highest BCUT2D eigenvalue weighted by Crippen LogP contribution is 2.36. The van der Waals surface area contributed by atoms with Crippen molar-refractivity contribution in [2.24, 2.45) is 0 Å². The van der Waals surface area contributed by atoms with Crippen LogP contribution in [-0.2, 0) is 0 Å². The predicted octanol–water partition coefficient (Wildman–Crippen LogP) is 3.23. The Morgan fingerprint density at radius 2 is 1.81 bits per heavy atom. The van der Waals surface area contributed by atoms with Crippen molar-refractivity contribution in [1.29, 1.82) is 0 Å². The van der Waals surface area contributed by atoms with Crippen molar-refractivity contribution in [3.63, 3.8) is 0 Å². The fourth-order valence-electron chi connectivity index (χ4n) is 2.54. The number of pyridine rings is 1. The first-order valence-corrected chi connectivity index (χ1v) is 7.54. The molecule has 0 spiro atoms. The van der Waals surface area contributed by atoms with E-state index in [9.17, 15) is 25.2 Å². The van der Waals surface area contributed by atoms with Crippen molar-refractivity contribution in [2.45, 2.75) is 0 Å². The van der Waals surface area contributed by atoms with Gasteiger partial charge in [0.05, 0.1) is 18.4 Å². The van der Waals surface area contributed by atoms with E-state index in [0.29, 0.717) is 16.6 Å². The predicted molar refractivity (Wildman–Crippen MR) is 95.6 cm³/mol. The summed E-state index contributed by atoms with van der Waals surface area (Å²) in [5.74, 6) is -1.77. The Kier molecular flexibility index (Phi) is 4.36. The largest absolute Gasteiger partial charge is 0.506 e. The fraction of sp³-hybridized carbons (Fsp3) is 0.0526. The third-order valence-corrected chi connectivity index (χ3v) is 3.83. The normalized spacial score (nSPS) is 11.1. The van der Waals surface area contributed by atoms with Crippen LogP contribution in [0.15, 0.2) is 36.4 Å². The van der Waals surface area contributed by atoms with Crippen LogP contribution in [0.4, 0.5) is 0 Å². The summed E-state index contributed by atoms with van der Waals surface area (Å²) < 4.78 is 4.98. The van der Waals surface area contributed by atoms with Crippen molar-refractivity contribution >= 4 is 29.0 Å². The molecule has 1 heterocycles. The molecule has 0 saturated heterocycles. The van der Waals surface area contributed by atoms with Gasteiger partial charge in [-0.2, -0.15) is 0 Å². The van der Waals surface area contributed by atoms with Crippen LogP contribution >= 0.6 is 0 Å². The van der Waals surface area contributed by atoms with E-state index in [1.165, 1.54) is 31.4 Å². The number of aromatic nitrogens is 1. The van der Waals surface area contributed by atoms with E-state index < -0.39 is 5.97 Å². The average molecular weight is 353 g/mol. The maximum atomic E-state index is 11.3. The molecule has 132 valence electrons. The topological polar surface area (TPSA) is 120 Å². The molecule has 0 aliphatic carbocycles. The summed E-state index contributed by atoms with van der Waals surface area (Å²) in [6, 6.07) is 8.68. The number of fused-ring (bicyclic) bond motifs is 1. The van der Waals surface area contributed by atoms with Gasteiger partial charge in [-0.05, 0) is 48.0 Å². The second-order valence-electron chi connectivity index (χ2n) is 5.49. The highest BCUT2D eigenvalue weighted by molar-refractivity contribution is 6.04. The number of carboxylic acids is 1. The quantitative estimate of drug-likeness (QED) is 0.531. The van der Waals surface area contributed by atoms with E-state index in [4.69, 9.17) is 4.74 Å². The van der Waals surface area contributed by atoms with Crippen LogP contribution in [0.25, 0.3) is 23.1 Å². The molecule has 0 atom stereocenters. The standard InChI is InChI=1S/C19H15NO6/c1-26-16-9-10(8-15(22)18(16)23)2-3-11-4-5-12-13(19(24)25)6-7-14(21)17(12)20-11/h2-9,21-23H,1H3,(H,24,25)/b3-2+. The third-order valence-electron chi connectivity index (χ3n) is 3.83. The van der Waals surface area contributed by atoms with Crippen LogP contribution in [0.1, 0.15) is 21.6 Å². The maximum absolute atomic E-state index is 11.3. The first kappa shape index (κ1) is 17.1. The number of nitrogens with zero attached hydrogens (tertiary/aromatic N) is 1. The van der Waals surface area contributed by atoms with E-state index in [-0.39, 0.29) is 34.1 Å². The second-order valence-corrected chi connectivity index (χ2v) is 5.49. The highest BCUT2D eigenvalue weighted by atomic mass is 16.5. The number of carbonyl (C=O) groups is 1. The fourth-order valence-corrected chi connectivity index (χ4v) is 2.54. The summed E-state index contributed by atoms with van der Waals surface area (Å²) in [5, 5.41) is 38.9. The summed E-state index contributed by atoms with van der Waals surface area (Å²) in [5.41, 5.74) is 1.26. The molecule has 0 aliphatic rings. The monoisotopic (exact) mass is 353 g/mol. The number of rotatable bonds is 4. The molecular weight excluding hydrogens is 338 g/mol. The number of phenolic OH excluding ortho intramolecular Hbond substituents is 3. The molecule has 3 aromatic rings. The molecule has 0 saturated carbocycles. The maximum Gasteiger partial charge on any atom is 0.336 e. The molecule has 7 heteroatoms. The summed E-state index contributed by atoms with van der Waals surface area (Å²) in [6.45, 7) is 0. The molecule has 4 N–H and O–H groups in total. The minimum Gasteiger partial charge on any atom is -0.506 e. The van der Waals surface area contributed by atoms with Gasteiger partial charge in [0.1, 0.15) is 11.3 Å². The molecule has 0 amide bonds. The van der Waals surface area contributed by atoms with Crippen molar-refractivity contribution in [3.8, 4) is 23.0 Å². The van der Waals surface area contributed by atoms with E-state index in [0.717, 1.165) is 0 Å². The Hall–Kier alpha value is -3.74. The van der Waals surface area contributed by atoms with Gasteiger partial charge in [-0.1, -0.05) is 6.08 Å². The molecule has 0 fully saturated rings. The molecule has 0 radical (unpaired) electrons. The van der Waals surface area contributed by atoms with E-state index in [1.807, 2.05) is 0 Å². The molecule has 0 bridgehead atoms. The first-order valence-electron chi connectivity index (χ1n) is 7.54. The minimum absolute atomic E-state index is 0.0500. The lowest BCUT2D eigenvalue weighted by Crippen LogP contribution is -1.98. The van der Waals surface area contributed by atoms with Gasteiger partial charge in [0.25, 0.3) is 0 Å². The van der Waals surface area contributed by atoms with Crippen molar-refractivity contribution < 1.29 is 30.0 Å². The zero-order valence-electron chi connectivity index (χ0n) is 13.7. The van der Waals surface area contributed by atoms with Gasteiger partial charge in [0, 0.05) is 5.39 Å². The second kappa shape index (κ2) is 6.64. The lowest BCUT2D eigenvalue weighted by molar-refractivity contribution is 0.0699. The lowest BCUT2D eigenvalue weighted by Gasteiger charge is -2.07. The van der Waals surface area contributed by atoms with Gasteiger partial charge >= 0.3 is 5.97 Å². The number of phenols is 3. The van der Waals surface area contributed by atoms with Crippen LogP contribution < -0.4 is 4.74 Å². The number of hydrogen-bond acceptors (Lipinski definition) is 6. The number of aromatic carboxylic acids is 1. The zero-order valence-corrected chi connectivity index (χ0v) is 13.7. The Bertz CT molecular complexity index is 1040. The van der Waals surface area contributed by atoms with Crippen LogP contribution in [0.3, 0.4) is 0 Å². The number of aromatic hydroxyl groups is 3. The Morgan fingerprint density at radius 3 is 2.50 bits per heavy atom. The van der Waals surface area contributed by atoms with Gasteiger partial charge in [0.2, 0.25) is 5.75 Å². The van der Waals surface area contributed by atoms with Crippen LogP contribution in [0, 0.1) is 0 Å². The highest BCUT2D eigenvalue weighted by Gasteiger charge is 2.12. The third kappa shape index (κ3) is 3.10. The number of carboxylic acid groups (broad SMARTS) is 1. The number of methoxy groups -OCH3 is 1. The van der Waals surface area contributed by atoms with E-state index >= 15 is 0 Å². The molecular formula is C19H15NO6. The zero-order chi connectivity index (χ0) is 18.8. The van der Waals surface area contributed by atoms with Gasteiger partial charge in [-0.3, -0.25) is 0 Å². The van der Waals surface area contributed by atoms with Crippen LogP contribution in [-0.4, -0.2) is 38.5 Å². The number of benzene rings is 2. The summed E-state index contributed by atoms with van der Waals surface area (Å²) in [7, 11) is 1.37. The molecule has 3 rings (SSSR count). The van der Waals surface area contributed by atoms with Gasteiger partial charge in [-0.15, -0.1) is 0 Å². The molecule has 7 nitrogen and oxygen atoms in total. The van der Waals surface area contributed by atoms with Crippen LogP contribution in [0.2, 0.25) is 0 Å². The molecule has 1 aromatic heterocycles. The van der Waals surface area contributed by atoms with Crippen LogP contribution in [0.5, 0.6) is 23.0 Å². The van der Waals surface area contributed by atoms with E-state index in [1.54, 1.807) is 24.3 Å². The van der Waals surface area contributed by atoms with Gasteiger partial charge in [0.15, 0.2) is 11.5 Å². The molecule has 0 unspecified atom stereocenters. The average Bonchev–Trinajstić information content (AvgIpc) is 2.62. The molecule has 26 heavy (non-hydrogen) atoms. The Morgan fingerprint density at radius 1 is 1.04 bits per heavy atom. The van der Waals surface area contributed by atoms with Gasteiger partial charge < -0.3 is 25.2 Å². The lowest BCUT2D eigenvalue weighted by atomic mass is 10.1. The Balaban J connectivity index is 2.02. The number of ether oxygens (including phenoxy) is 1. The van der Waals surface area contributed by atoms with Crippen molar-refractivity contribution in [2.75, 3.05) is 7.11 Å². The number of hydrogen-bond donors (Lipinski definition) is 4.